The number of para-hydroxylation sites is 2. The highest BCUT2D eigenvalue weighted by atomic mass is 16.2. The molecule has 0 aliphatic rings. The van der Waals surface area contributed by atoms with Gasteiger partial charge >= 0.3 is 6.03 Å². The van der Waals surface area contributed by atoms with Gasteiger partial charge in [-0.2, -0.15) is 0 Å². The molecule has 1 aromatic heterocycles. The number of benzene rings is 2. The van der Waals surface area contributed by atoms with Crippen LogP contribution in [-0.4, -0.2) is 20.8 Å². The van der Waals surface area contributed by atoms with Crippen LogP contribution in [0.2, 0.25) is 0 Å². The molecule has 2 N–H and O–H groups in total. The number of hydrogen-bond acceptors (Lipinski definition) is 3. The molecule has 0 aliphatic carbocycles. The van der Waals surface area contributed by atoms with Gasteiger partial charge < -0.3 is 10.6 Å². The van der Waals surface area contributed by atoms with Gasteiger partial charge in [0.25, 0.3) is 0 Å². The number of carbonyl (C=O) groups is 1. The van der Waals surface area contributed by atoms with Crippen molar-refractivity contribution in [3.8, 4) is 5.69 Å². The second-order valence-corrected chi connectivity index (χ2v) is 4.63. The molecule has 0 saturated carbocycles. The maximum Gasteiger partial charge on any atom is 0.319 e. The van der Waals surface area contributed by atoms with E-state index in [4.69, 9.17) is 0 Å². The Morgan fingerprint density at radius 3 is 2.41 bits per heavy atom. The molecule has 1 heterocycles. The Labute approximate surface area is 127 Å². The molecule has 3 rings (SSSR count). The third-order valence-electron chi connectivity index (χ3n) is 3.09. The third kappa shape index (κ3) is 3.29. The zero-order valence-corrected chi connectivity index (χ0v) is 11.8. The zero-order valence-electron chi connectivity index (χ0n) is 11.8. The van der Waals surface area contributed by atoms with Crippen LogP contribution in [0.15, 0.2) is 67.0 Å². The van der Waals surface area contributed by atoms with E-state index >= 15 is 0 Å². The summed E-state index contributed by atoms with van der Waals surface area (Å²) in [5, 5.41) is 13.5. The summed E-state index contributed by atoms with van der Waals surface area (Å²) in [7, 11) is 0. The molecule has 0 bridgehead atoms. The number of hydrogen-bond donors (Lipinski definition) is 2. The Kier molecular flexibility index (Phi) is 4.10. The molecule has 0 saturated heterocycles. The number of rotatable bonds is 4. The molecule has 0 unspecified atom stereocenters. The zero-order chi connectivity index (χ0) is 15.2. The van der Waals surface area contributed by atoms with Gasteiger partial charge in [-0.25, -0.2) is 4.79 Å². The van der Waals surface area contributed by atoms with Crippen LogP contribution in [0.25, 0.3) is 5.69 Å². The summed E-state index contributed by atoms with van der Waals surface area (Å²) in [4.78, 5) is 11.9. The predicted octanol–water partition coefficient (Wildman–Crippen LogP) is 2.59. The molecule has 0 aliphatic heterocycles. The third-order valence-corrected chi connectivity index (χ3v) is 3.09. The van der Waals surface area contributed by atoms with Crippen LogP contribution in [-0.2, 0) is 6.54 Å². The summed E-state index contributed by atoms with van der Waals surface area (Å²) in [5.74, 6) is 0.661. The number of carbonyl (C=O) groups excluding carboxylic acids is 1. The summed E-state index contributed by atoms with van der Waals surface area (Å²) < 4.78 is 1.84. The van der Waals surface area contributed by atoms with Crippen molar-refractivity contribution in [1.82, 2.24) is 20.1 Å². The van der Waals surface area contributed by atoms with E-state index < -0.39 is 0 Å². The maximum absolute atomic E-state index is 11.9. The highest BCUT2D eigenvalue weighted by Gasteiger charge is 2.08. The highest BCUT2D eigenvalue weighted by Crippen LogP contribution is 2.09. The Morgan fingerprint density at radius 2 is 1.68 bits per heavy atom. The number of anilines is 1. The molecule has 3 aromatic rings. The van der Waals surface area contributed by atoms with Crippen LogP contribution in [0.5, 0.6) is 0 Å². The number of amides is 2. The lowest BCUT2D eigenvalue weighted by Gasteiger charge is -2.09. The number of urea groups is 1. The lowest BCUT2D eigenvalue weighted by molar-refractivity contribution is 0.251. The van der Waals surface area contributed by atoms with E-state index in [0.717, 1.165) is 11.4 Å². The lowest BCUT2D eigenvalue weighted by Crippen LogP contribution is -2.29. The predicted molar refractivity (Wildman–Crippen MR) is 83.7 cm³/mol. The van der Waals surface area contributed by atoms with E-state index in [1.165, 1.54) is 0 Å². The van der Waals surface area contributed by atoms with Gasteiger partial charge in [-0.05, 0) is 24.3 Å². The van der Waals surface area contributed by atoms with Crippen LogP contribution in [0.4, 0.5) is 10.5 Å². The number of nitrogens with zero attached hydrogens (tertiary/aromatic N) is 3. The Hall–Kier alpha value is -3.15. The molecule has 2 aromatic carbocycles. The summed E-state index contributed by atoms with van der Waals surface area (Å²) in [6, 6.07) is 18.7. The van der Waals surface area contributed by atoms with Crippen molar-refractivity contribution in [3.63, 3.8) is 0 Å². The molecule has 22 heavy (non-hydrogen) atoms. The highest BCUT2D eigenvalue weighted by molar-refractivity contribution is 5.89. The fourth-order valence-corrected chi connectivity index (χ4v) is 2.04. The first-order chi connectivity index (χ1) is 10.8. The Balaban J connectivity index is 1.63. The number of aromatic nitrogens is 3. The van der Waals surface area contributed by atoms with Gasteiger partial charge in [0.05, 0.1) is 6.54 Å². The fraction of sp³-hybridized carbons (Fsp3) is 0.0625. The van der Waals surface area contributed by atoms with Gasteiger partial charge in [0.15, 0.2) is 5.82 Å². The van der Waals surface area contributed by atoms with Crippen molar-refractivity contribution in [2.24, 2.45) is 0 Å². The van der Waals surface area contributed by atoms with Crippen molar-refractivity contribution in [1.29, 1.82) is 0 Å². The first-order valence-corrected chi connectivity index (χ1v) is 6.87. The van der Waals surface area contributed by atoms with Crippen LogP contribution in [0.3, 0.4) is 0 Å². The van der Waals surface area contributed by atoms with Gasteiger partial charge in [-0.3, -0.25) is 4.57 Å². The molecule has 0 fully saturated rings. The molecule has 0 radical (unpaired) electrons. The largest absolute Gasteiger partial charge is 0.331 e. The standard InChI is InChI=1S/C16H15N5O/c22-16(19-13-7-3-1-4-8-13)17-11-15-20-18-12-21(15)14-9-5-2-6-10-14/h1-10,12H,11H2,(H2,17,19,22). The number of nitrogens with one attached hydrogen (secondary N) is 2. The van der Waals surface area contributed by atoms with E-state index in [0.29, 0.717) is 5.82 Å². The monoisotopic (exact) mass is 293 g/mol. The molecule has 6 nitrogen and oxygen atoms in total. The van der Waals surface area contributed by atoms with Crippen molar-refractivity contribution in [2.45, 2.75) is 6.54 Å². The molecule has 110 valence electrons. The van der Waals surface area contributed by atoms with Gasteiger partial charge in [-0.15, -0.1) is 10.2 Å². The second kappa shape index (κ2) is 6.53. The first kappa shape index (κ1) is 13.8. The van der Waals surface area contributed by atoms with Crippen molar-refractivity contribution in [2.75, 3.05) is 5.32 Å². The van der Waals surface area contributed by atoms with Crippen LogP contribution >= 0.6 is 0 Å². The summed E-state index contributed by atoms with van der Waals surface area (Å²) in [6.45, 7) is 0.285. The van der Waals surface area contributed by atoms with E-state index in [9.17, 15) is 4.79 Å². The smallest absolute Gasteiger partial charge is 0.319 e. The molecule has 6 heteroatoms. The van der Waals surface area contributed by atoms with Crippen LogP contribution in [0.1, 0.15) is 5.82 Å². The summed E-state index contributed by atoms with van der Waals surface area (Å²) in [5.41, 5.74) is 1.69. The van der Waals surface area contributed by atoms with Crippen LogP contribution in [0, 0.1) is 0 Å². The molecular weight excluding hydrogens is 278 g/mol. The van der Waals surface area contributed by atoms with E-state index in [-0.39, 0.29) is 12.6 Å². The first-order valence-electron chi connectivity index (χ1n) is 6.87. The van der Waals surface area contributed by atoms with Crippen molar-refractivity contribution in [3.05, 3.63) is 72.8 Å². The van der Waals surface area contributed by atoms with E-state index in [2.05, 4.69) is 20.8 Å². The van der Waals surface area contributed by atoms with Crippen molar-refractivity contribution >= 4 is 11.7 Å². The second-order valence-electron chi connectivity index (χ2n) is 4.63. The normalized spacial score (nSPS) is 10.2. The molecule has 2 amide bonds. The minimum Gasteiger partial charge on any atom is -0.331 e. The minimum absolute atomic E-state index is 0.284. The Morgan fingerprint density at radius 1 is 1.00 bits per heavy atom. The molecule has 0 spiro atoms. The maximum atomic E-state index is 11.9. The van der Waals surface area contributed by atoms with E-state index in [1.54, 1.807) is 6.33 Å². The Bertz CT molecular complexity index is 739. The van der Waals surface area contributed by atoms with Crippen LogP contribution < -0.4 is 10.6 Å². The topological polar surface area (TPSA) is 71.8 Å². The van der Waals surface area contributed by atoms with Crippen molar-refractivity contribution < 1.29 is 4.79 Å². The average molecular weight is 293 g/mol. The lowest BCUT2D eigenvalue weighted by atomic mass is 10.3. The summed E-state index contributed by atoms with van der Waals surface area (Å²) in [6.07, 6.45) is 1.63. The minimum atomic E-state index is -0.284. The van der Waals surface area contributed by atoms with Gasteiger partial charge in [0.1, 0.15) is 6.33 Å². The SMILES string of the molecule is O=C(NCc1nncn1-c1ccccc1)Nc1ccccc1. The average Bonchev–Trinajstić information content (AvgIpc) is 3.03. The fourth-order valence-electron chi connectivity index (χ4n) is 2.04. The molecular formula is C16H15N5O. The molecule has 0 atom stereocenters. The van der Waals surface area contributed by atoms with Gasteiger partial charge in [-0.1, -0.05) is 36.4 Å². The van der Waals surface area contributed by atoms with Gasteiger partial charge in [0.2, 0.25) is 0 Å². The van der Waals surface area contributed by atoms with E-state index in [1.807, 2.05) is 65.2 Å². The quantitative estimate of drug-likeness (QED) is 0.776. The van der Waals surface area contributed by atoms with Gasteiger partial charge in [0, 0.05) is 11.4 Å². The summed E-state index contributed by atoms with van der Waals surface area (Å²) >= 11 is 0.